The summed E-state index contributed by atoms with van der Waals surface area (Å²) in [7, 11) is 1.94. The zero-order chi connectivity index (χ0) is 13.5. The van der Waals surface area contributed by atoms with Crippen LogP contribution >= 0.6 is 0 Å². The molecule has 2 aliphatic rings. The van der Waals surface area contributed by atoms with Crippen LogP contribution in [0.15, 0.2) is 0 Å². The number of carbonyl (C=O) groups excluding carboxylic acids is 1. The number of aliphatic hydroxyl groups is 1. The number of carbonyl (C=O) groups is 1. The first-order valence-electron chi connectivity index (χ1n) is 6.86. The van der Waals surface area contributed by atoms with Crippen molar-refractivity contribution in [2.24, 2.45) is 5.92 Å². The molecule has 2 saturated heterocycles. The Morgan fingerprint density at radius 3 is 3.20 bits per heavy atom. The van der Waals surface area contributed by atoms with Gasteiger partial charge in [-0.15, -0.1) is 0 Å². The molecule has 0 aliphatic carbocycles. The van der Waals surface area contributed by atoms with Gasteiger partial charge in [0.05, 0.1) is 18.6 Å². The molecule has 2 bridgehead atoms. The Balaban J connectivity index is 2.00. The molecule has 0 spiro atoms. The summed E-state index contributed by atoms with van der Waals surface area (Å²) in [6.07, 6.45) is 1.66. The van der Waals surface area contributed by atoms with E-state index in [1.807, 2.05) is 7.05 Å². The molecular weight excluding hydrogens is 194 g/mol. The number of piperidine rings is 1. The number of rotatable bonds is 2. The molecule has 0 amide bonds. The summed E-state index contributed by atoms with van der Waals surface area (Å²) in [6, 6.07) is 0.305. The number of ether oxygens (including phenoxy) is 1. The Hall–Kier alpha value is -0.610. The third-order valence-corrected chi connectivity index (χ3v) is 3.72. The summed E-state index contributed by atoms with van der Waals surface area (Å²) in [4.78, 5) is 14.0. The molecule has 4 nitrogen and oxygen atoms in total. The molecule has 0 unspecified atom stereocenters. The number of hydrogen-bond donors (Lipinski definition) is 1. The first kappa shape index (κ1) is 7.63. The highest BCUT2D eigenvalue weighted by Gasteiger charge is 2.48. The van der Waals surface area contributed by atoms with E-state index in [0.29, 0.717) is 12.5 Å². The Labute approximate surface area is 94.4 Å². The van der Waals surface area contributed by atoms with Crippen molar-refractivity contribution in [2.75, 3.05) is 13.7 Å². The van der Waals surface area contributed by atoms with Gasteiger partial charge in [0.1, 0.15) is 0 Å². The van der Waals surface area contributed by atoms with Gasteiger partial charge in [-0.1, -0.05) is 0 Å². The van der Waals surface area contributed by atoms with Gasteiger partial charge in [0.25, 0.3) is 0 Å². The minimum Gasteiger partial charge on any atom is -0.466 e. The van der Waals surface area contributed by atoms with Crippen LogP contribution in [0, 0.1) is 5.92 Å². The fraction of sp³-hybridized carbons (Fsp3) is 0.909. The summed E-state index contributed by atoms with van der Waals surface area (Å²) in [6.45, 7) is -2.87. The first-order chi connectivity index (χ1) is 8.29. The summed E-state index contributed by atoms with van der Waals surface area (Å²) in [5.74, 6) is -1.20. The van der Waals surface area contributed by atoms with Gasteiger partial charge in [0.2, 0.25) is 0 Å². The maximum absolute atomic E-state index is 11.9. The lowest BCUT2D eigenvalue weighted by molar-refractivity contribution is -0.158. The van der Waals surface area contributed by atoms with E-state index in [1.165, 1.54) is 0 Å². The molecule has 15 heavy (non-hydrogen) atoms. The molecule has 0 radical (unpaired) electrons. The monoisotopic (exact) mass is 216 g/mol. The van der Waals surface area contributed by atoms with Gasteiger partial charge >= 0.3 is 5.97 Å². The average Bonchev–Trinajstić information content (AvgIpc) is 2.49. The van der Waals surface area contributed by atoms with E-state index in [0.717, 1.165) is 12.8 Å². The minimum atomic E-state index is -2.28. The van der Waals surface area contributed by atoms with Crippen molar-refractivity contribution < 1.29 is 18.8 Å². The number of fused-ring (bicyclic) bond motifs is 2. The standard InChI is InChI=1S/C11H19NO3/c1-3-15-11(14)10-8-5-4-7(12(8)2)6-9(10)13/h7-10,13H,3-6H2,1-2H3/t7-,8+,9-,10+/m0/s1/i1D3. The Morgan fingerprint density at radius 2 is 2.47 bits per heavy atom. The topological polar surface area (TPSA) is 49.8 Å². The second-order valence-electron chi connectivity index (χ2n) is 4.40. The number of aliphatic hydroxyl groups excluding tert-OH is 1. The van der Waals surface area contributed by atoms with Gasteiger partial charge in [0.15, 0.2) is 0 Å². The predicted molar refractivity (Wildman–Crippen MR) is 55.3 cm³/mol. The van der Waals surface area contributed by atoms with Crippen LogP contribution in [0.5, 0.6) is 0 Å². The number of nitrogens with zero attached hydrogens (tertiary/aromatic N) is 1. The SMILES string of the molecule is [2H]C([2H])([2H])COC(=O)[C@@H]1[C@H]2CC[C@@H](C[C@@H]1O)N2C. The van der Waals surface area contributed by atoms with Gasteiger partial charge in [-0.3, -0.25) is 9.69 Å². The fourth-order valence-corrected chi connectivity index (χ4v) is 2.92. The zero-order valence-electron chi connectivity index (χ0n) is 11.8. The van der Waals surface area contributed by atoms with E-state index in [4.69, 9.17) is 8.85 Å². The van der Waals surface area contributed by atoms with E-state index in [9.17, 15) is 9.90 Å². The molecule has 2 heterocycles. The van der Waals surface area contributed by atoms with Crippen LogP contribution in [-0.4, -0.2) is 47.8 Å². The van der Waals surface area contributed by atoms with Crippen molar-refractivity contribution in [3.63, 3.8) is 0 Å². The van der Waals surface area contributed by atoms with E-state index in [2.05, 4.69) is 4.90 Å². The molecule has 0 aromatic heterocycles. The van der Waals surface area contributed by atoms with E-state index >= 15 is 0 Å². The molecule has 4 heteroatoms. The predicted octanol–water partition coefficient (Wildman–Crippen LogP) is 0.393. The molecule has 0 aromatic rings. The van der Waals surface area contributed by atoms with Crippen molar-refractivity contribution in [2.45, 2.75) is 44.3 Å². The van der Waals surface area contributed by atoms with Crippen LogP contribution in [0.4, 0.5) is 0 Å². The highest BCUT2D eigenvalue weighted by molar-refractivity contribution is 5.74. The molecule has 0 aromatic carbocycles. The highest BCUT2D eigenvalue weighted by atomic mass is 16.5. The Morgan fingerprint density at radius 1 is 1.67 bits per heavy atom. The van der Waals surface area contributed by atoms with Gasteiger partial charge < -0.3 is 9.84 Å². The van der Waals surface area contributed by atoms with Crippen LogP contribution in [0.25, 0.3) is 0 Å². The fourth-order valence-electron chi connectivity index (χ4n) is 2.92. The summed E-state index contributed by atoms with van der Waals surface area (Å²) in [5, 5.41) is 10.00. The molecule has 0 saturated carbocycles. The highest BCUT2D eigenvalue weighted by Crippen LogP contribution is 2.38. The van der Waals surface area contributed by atoms with Crippen LogP contribution in [0.3, 0.4) is 0 Å². The molecule has 2 rings (SSSR count). The van der Waals surface area contributed by atoms with E-state index in [-0.39, 0.29) is 6.04 Å². The molecule has 2 fully saturated rings. The molecule has 4 atom stereocenters. The second kappa shape index (κ2) is 4.10. The third kappa shape index (κ3) is 1.76. The lowest BCUT2D eigenvalue weighted by Crippen LogP contribution is -2.52. The lowest BCUT2D eigenvalue weighted by atomic mass is 9.88. The van der Waals surface area contributed by atoms with Crippen LogP contribution < -0.4 is 0 Å². The van der Waals surface area contributed by atoms with Gasteiger partial charge in [0, 0.05) is 16.2 Å². The summed E-state index contributed by atoms with van der Waals surface area (Å²) in [5.41, 5.74) is 0. The number of esters is 1. The maximum Gasteiger partial charge on any atom is 0.313 e. The molecule has 86 valence electrons. The molecular formula is C11H19NO3. The van der Waals surface area contributed by atoms with Crippen LogP contribution in [-0.2, 0) is 9.53 Å². The van der Waals surface area contributed by atoms with Crippen molar-refractivity contribution >= 4 is 5.97 Å². The average molecular weight is 216 g/mol. The van der Waals surface area contributed by atoms with Crippen molar-refractivity contribution in [1.82, 2.24) is 4.90 Å². The maximum atomic E-state index is 11.9. The second-order valence-corrected chi connectivity index (χ2v) is 4.40. The van der Waals surface area contributed by atoms with E-state index < -0.39 is 31.4 Å². The quantitative estimate of drug-likeness (QED) is 0.679. The Kier molecular flexibility index (Phi) is 2.09. The lowest BCUT2D eigenvalue weighted by Gasteiger charge is -2.39. The van der Waals surface area contributed by atoms with Crippen molar-refractivity contribution in [3.05, 3.63) is 0 Å². The largest absolute Gasteiger partial charge is 0.466 e. The molecule has 1 N–H and O–H groups in total. The minimum absolute atomic E-state index is 0.0251. The van der Waals surface area contributed by atoms with Crippen molar-refractivity contribution in [1.29, 1.82) is 0 Å². The normalized spacial score (nSPS) is 44.3. The summed E-state index contributed by atoms with van der Waals surface area (Å²) >= 11 is 0. The Bertz CT molecular complexity index is 334. The van der Waals surface area contributed by atoms with Gasteiger partial charge in [-0.25, -0.2) is 0 Å². The van der Waals surface area contributed by atoms with E-state index in [1.54, 1.807) is 0 Å². The van der Waals surface area contributed by atoms with Gasteiger partial charge in [-0.05, 0) is 33.2 Å². The van der Waals surface area contributed by atoms with Crippen LogP contribution in [0.1, 0.15) is 30.2 Å². The van der Waals surface area contributed by atoms with Crippen LogP contribution in [0.2, 0.25) is 0 Å². The third-order valence-electron chi connectivity index (χ3n) is 3.72. The first-order valence-corrected chi connectivity index (χ1v) is 5.36. The van der Waals surface area contributed by atoms with Gasteiger partial charge in [-0.2, -0.15) is 0 Å². The number of hydrogen-bond acceptors (Lipinski definition) is 4. The zero-order valence-corrected chi connectivity index (χ0v) is 8.85. The summed E-state index contributed by atoms with van der Waals surface area (Å²) < 4.78 is 25.9. The molecule has 2 aliphatic heterocycles. The van der Waals surface area contributed by atoms with Crippen molar-refractivity contribution in [3.8, 4) is 0 Å². The smallest absolute Gasteiger partial charge is 0.313 e.